The zero-order chi connectivity index (χ0) is 20.8. The molecule has 150 valence electrons. The molecule has 0 spiro atoms. The number of non-ortho nitro benzene ring substituents is 1. The first kappa shape index (κ1) is 20.1. The van der Waals surface area contributed by atoms with Gasteiger partial charge in [0, 0.05) is 42.5 Å². The van der Waals surface area contributed by atoms with Crippen LogP contribution in [-0.4, -0.2) is 43.8 Å². The normalized spacial score (nSPS) is 14.3. The van der Waals surface area contributed by atoms with E-state index in [1.165, 1.54) is 18.2 Å². The van der Waals surface area contributed by atoms with Crippen LogP contribution < -0.4 is 4.90 Å². The average molecular weight is 397 g/mol. The molecule has 1 aromatic carbocycles. The number of furan rings is 1. The number of nitriles is 1. The summed E-state index contributed by atoms with van der Waals surface area (Å²) in [4.78, 5) is 24.6. The van der Waals surface area contributed by atoms with E-state index in [-0.39, 0.29) is 23.6 Å². The van der Waals surface area contributed by atoms with Crippen LogP contribution in [0.4, 0.5) is 11.4 Å². The molecule has 1 aromatic heterocycles. The fraction of sp³-hybridized carbons (Fsp3) is 0.300. The van der Waals surface area contributed by atoms with Crippen LogP contribution in [0.3, 0.4) is 0 Å². The summed E-state index contributed by atoms with van der Waals surface area (Å²) >= 11 is 0. The number of ether oxygens (including phenoxy) is 2. The van der Waals surface area contributed by atoms with Crippen molar-refractivity contribution in [3.63, 3.8) is 0 Å². The largest absolute Gasteiger partial charge is 0.462 e. The van der Waals surface area contributed by atoms with Gasteiger partial charge < -0.3 is 18.8 Å². The van der Waals surface area contributed by atoms with E-state index >= 15 is 0 Å². The van der Waals surface area contributed by atoms with E-state index in [4.69, 9.17) is 19.2 Å². The van der Waals surface area contributed by atoms with Crippen molar-refractivity contribution >= 4 is 23.4 Å². The van der Waals surface area contributed by atoms with Crippen molar-refractivity contribution in [2.24, 2.45) is 0 Å². The van der Waals surface area contributed by atoms with Gasteiger partial charge in [0.05, 0.1) is 24.7 Å². The van der Waals surface area contributed by atoms with Gasteiger partial charge in [0.15, 0.2) is 0 Å². The fourth-order valence-electron chi connectivity index (χ4n) is 2.98. The first-order valence-electron chi connectivity index (χ1n) is 9.03. The van der Waals surface area contributed by atoms with Crippen molar-refractivity contribution in [2.75, 3.05) is 37.8 Å². The minimum Gasteiger partial charge on any atom is -0.462 e. The topological polar surface area (TPSA) is 119 Å². The van der Waals surface area contributed by atoms with Gasteiger partial charge in [0.25, 0.3) is 5.69 Å². The Morgan fingerprint density at radius 2 is 2.10 bits per heavy atom. The highest BCUT2D eigenvalue weighted by Gasteiger charge is 2.21. The van der Waals surface area contributed by atoms with Crippen molar-refractivity contribution in [3.8, 4) is 17.4 Å². The third-order valence-electron chi connectivity index (χ3n) is 4.34. The second-order valence-corrected chi connectivity index (χ2v) is 6.15. The number of carbonyl (C=O) groups excluding carboxylic acids is 1. The first-order chi connectivity index (χ1) is 14.0. The van der Waals surface area contributed by atoms with Crippen LogP contribution in [0.2, 0.25) is 0 Å². The summed E-state index contributed by atoms with van der Waals surface area (Å²) in [5.74, 6) is -0.0797. The molecular formula is C20H19N3O6. The lowest BCUT2D eigenvalue weighted by molar-refractivity contribution is -0.384. The van der Waals surface area contributed by atoms with E-state index in [1.807, 2.05) is 0 Å². The van der Waals surface area contributed by atoms with Crippen molar-refractivity contribution < 1.29 is 23.6 Å². The lowest BCUT2D eigenvalue weighted by Crippen LogP contribution is -2.36. The molecule has 0 saturated carbocycles. The van der Waals surface area contributed by atoms with E-state index in [9.17, 15) is 14.9 Å². The van der Waals surface area contributed by atoms with Crippen LogP contribution in [0, 0.1) is 21.4 Å². The molecule has 9 heteroatoms. The third-order valence-corrected chi connectivity index (χ3v) is 4.34. The number of carbonyl (C=O) groups is 1. The maximum absolute atomic E-state index is 11.8. The number of morpholine rings is 1. The Hall–Kier alpha value is -3.64. The van der Waals surface area contributed by atoms with Crippen LogP contribution >= 0.6 is 0 Å². The number of benzene rings is 1. The molecular weight excluding hydrogens is 378 g/mol. The van der Waals surface area contributed by atoms with Gasteiger partial charge >= 0.3 is 5.97 Å². The Morgan fingerprint density at radius 3 is 2.76 bits per heavy atom. The quantitative estimate of drug-likeness (QED) is 0.240. The number of hydrogen-bond acceptors (Lipinski definition) is 8. The predicted molar refractivity (Wildman–Crippen MR) is 104 cm³/mol. The molecule has 2 aromatic rings. The fourth-order valence-corrected chi connectivity index (χ4v) is 2.98. The molecule has 0 N–H and O–H groups in total. The summed E-state index contributed by atoms with van der Waals surface area (Å²) in [5, 5.41) is 20.4. The first-order valence-corrected chi connectivity index (χ1v) is 9.03. The van der Waals surface area contributed by atoms with E-state index < -0.39 is 10.9 Å². The second-order valence-electron chi connectivity index (χ2n) is 6.15. The maximum Gasteiger partial charge on any atom is 0.349 e. The van der Waals surface area contributed by atoms with E-state index in [0.717, 1.165) is 5.69 Å². The van der Waals surface area contributed by atoms with E-state index in [0.29, 0.717) is 37.6 Å². The highest BCUT2D eigenvalue weighted by Crippen LogP contribution is 2.36. The third kappa shape index (κ3) is 4.62. The van der Waals surface area contributed by atoms with Crippen LogP contribution in [0.5, 0.6) is 0 Å². The summed E-state index contributed by atoms with van der Waals surface area (Å²) in [6.07, 6.45) is 1.28. The molecule has 9 nitrogen and oxygen atoms in total. The van der Waals surface area contributed by atoms with Crippen molar-refractivity contribution in [1.82, 2.24) is 0 Å². The molecule has 3 rings (SSSR count). The van der Waals surface area contributed by atoms with E-state index in [1.54, 1.807) is 31.2 Å². The lowest BCUT2D eigenvalue weighted by Gasteiger charge is -2.30. The minimum atomic E-state index is -0.739. The summed E-state index contributed by atoms with van der Waals surface area (Å²) in [6.45, 7) is 4.23. The molecule has 1 saturated heterocycles. The Bertz CT molecular complexity index is 982. The summed E-state index contributed by atoms with van der Waals surface area (Å²) in [6, 6.07) is 9.62. The minimum absolute atomic E-state index is 0.0604. The zero-order valence-electron chi connectivity index (χ0n) is 15.8. The molecule has 29 heavy (non-hydrogen) atoms. The second kappa shape index (κ2) is 9.03. The van der Waals surface area contributed by atoms with Gasteiger partial charge in [-0.3, -0.25) is 10.1 Å². The van der Waals surface area contributed by atoms with Crippen LogP contribution in [0.1, 0.15) is 12.7 Å². The summed E-state index contributed by atoms with van der Waals surface area (Å²) < 4.78 is 16.0. The molecule has 0 amide bonds. The number of anilines is 1. The smallest absolute Gasteiger partial charge is 0.349 e. The van der Waals surface area contributed by atoms with Crippen LogP contribution in [0.15, 0.2) is 40.3 Å². The molecule has 1 aliphatic heterocycles. The van der Waals surface area contributed by atoms with Gasteiger partial charge in [-0.25, -0.2) is 4.79 Å². The Kier molecular flexibility index (Phi) is 6.26. The van der Waals surface area contributed by atoms with E-state index in [2.05, 4.69) is 4.90 Å². The lowest BCUT2D eigenvalue weighted by atomic mass is 10.1. The van der Waals surface area contributed by atoms with Gasteiger partial charge in [-0.15, -0.1) is 0 Å². The van der Waals surface area contributed by atoms with Crippen molar-refractivity contribution in [3.05, 3.63) is 51.8 Å². The molecule has 1 aliphatic rings. The number of rotatable bonds is 6. The highest BCUT2D eigenvalue weighted by molar-refractivity contribution is 5.97. The summed E-state index contributed by atoms with van der Waals surface area (Å²) in [7, 11) is 0. The van der Waals surface area contributed by atoms with Gasteiger partial charge in [-0.2, -0.15) is 5.26 Å². The Balaban J connectivity index is 1.99. The summed E-state index contributed by atoms with van der Waals surface area (Å²) in [5.41, 5.74) is 1.08. The van der Waals surface area contributed by atoms with Crippen LogP contribution in [-0.2, 0) is 14.3 Å². The standard InChI is InChI=1S/C20H19N3O6/c1-2-28-20(24)14(13-21)11-16-4-6-19(29-16)17-12-15(23(25)26)3-5-18(17)22-7-9-27-10-8-22/h3-6,11-12H,2,7-10H2,1H3/b14-11+. The number of nitro benzene ring substituents is 1. The van der Waals surface area contributed by atoms with Crippen molar-refractivity contribution in [1.29, 1.82) is 5.26 Å². The number of hydrogen-bond donors (Lipinski definition) is 0. The Labute approximate surface area is 166 Å². The number of esters is 1. The average Bonchev–Trinajstić information content (AvgIpc) is 3.20. The molecule has 1 fully saturated rings. The predicted octanol–water partition coefficient (Wildman–Crippen LogP) is 3.16. The van der Waals surface area contributed by atoms with Crippen molar-refractivity contribution in [2.45, 2.75) is 6.92 Å². The van der Waals surface area contributed by atoms with Crippen LogP contribution in [0.25, 0.3) is 17.4 Å². The number of nitrogens with zero attached hydrogens (tertiary/aromatic N) is 3. The van der Waals surface area contributed by atoms with Gasteiger partial charge in [0.2, 0.25) is 0 Å². The Morgan fingerprint density at radius 1 is 1.34 bits per heavy atom. The maximum atomic E-state index is 11.8. The SMILES string of the molecule is CCOC(=O)/C(C#N)=C/c1ccc(-c2cc([N+](=O)[O-])ccc2N2CCOCC2)o1. The number of nitro groups is 1. The molecule has 0 atom stereocenters. The molecule has 0 bridgehead atoms. The van der Waals surface area contributed by atoms with Gasteiger partial charge in [0.1, 0.15) is 23.2 Å². The molecule has 0 unspecified atom stereocenters. The highest BCUT2D eigenvalue weighted by atomic mass is 16.6. The molecule has 0 radical (unpaired) electrons. The monoisotopic (exact) mass is 397 g/mol. The van der Waals surface area contributed by atoms with Gasteiger partial charge in [-0.05, 0) is 25.1 Å². The van der Waals surface area contributed by atoms with Gasteiger partial charge in [-0.1, -0.05) is 0 Å². The molecule has 2 heterocycles. The zero-order valence-corrected chi connectivity index (χ0v) is 15.8. The molecule has 0 aliphatic carbocycles.